The molecule has 0 bridgehead atoms. The van der Waals surface area contributed by atoms with Gasteiger partial charge in [-0.1, -0.05) is 12.1 Å². The van der Waals surface area contributed by atoms with Crippen molar-refractivity contribution in [1.82, 2.24) is 4.98 Å². The summed E-state index contributed by atoms with van der Waals surface area (Å²) < 4.78 is 12.8. The zero-order chi connectivity index (χ0) is 13.0. The van der Waals surface area contributed by atoms with Crippen LogP contribution in [0.5, 0.6) is 0 Å². The lowest BCUT2D eigenvalue weighted by atomic mass is 10.2. The van der Waals surface area contributed by atoms with Crippen LogP contribution >= 0.6 is 0 Å². The lowest BCUT2D eigenvalue weighted by Crippen LogP contribution is -2.12. The van der Waals surface area contributed by atoms with Crippen LogP contribution in [0.3, 0.4) is 0 Å². The lowest BCUT2D eigenvalue weighted by molar-refractivity contribution is 0.627. The van der Waals surface area contributed by atoms with E-state index in [9.17, 15) is 4.39 Å². The SMILES string of the molecule is CN(C)c1ccncc1NCc1ccc(F)cc1. The van der Waals surface area contributed by atoms with Crippen LogP contribution in [0.2, 0.25) is 0 Å². The highest BCUT2D eigenvalue weighted by Crippen LogP contribution is 2.22. The molecule has 18 heavy (non-hydrogen) atoms. The molecule has 1 heterocycles. The third kappa shape index (κ3) is 2.97. The highest BCUT2D eigenvalue weighted by atomic mass is 19.1. The zero-order valence-electron chi connectivity index (χ0n) is 10.5. The normalized spacial score (nSPS) is 10.2. The van der Waals surface area contributed by atoms with Gasteiger partial charge in [0.1, 0.15) is 5.82 Å². The first-order valence-electron chi connectivity index (χ1n) is 5.76. The zero-order valence-corrected chi connectivity index (χ0v) is 10.5. The molecule has 0 saturated carbocycles. The van der Waals surface area contributed by atoms with Gasteiger partial charge in [-0.3, -0.25) is 4.98 Å². The van der Waals surface area contributed by atoms with E-state index in [1.54, 1.807) is 24.5 Å². The van der Waals surface area contributed by atoms with Gasteiger partial charge < -0.3 is 10.2 Å². The van der Waals surface area contributed by atoms with E-state index in [2.05, 4.69) is 10.3 Å². The highest BCUT2D eigenvalue weighted by Gasteiger charge is 2.03. The van der Waals surface area contributed by atoms with Gasteiger partial charge in [0.25, 0.3) is 0 Å². The van der Waals surface area contributed by atoms with Crippen molar-refractivity contribution >= 4 is 11.4 Å². The van der Waals surface area contributed by atoms with Crippen LogP contribution in [-0.2, 0) is 6.54 Å². The van der Waals surface area contributed by atoms with E-state index < -0.39 is 0 Å². The number of aromatic nitrogens is 1. The Morgan fingerprint density at radius 2 is 1.89 bits per heavy atom. The van der Waals surface area contributed by atoms with E-state index >= 15 is 0 Å². The molecule has 0 aliphatic heterocycles. The van der Waals surface area contributed by atoms with Crippen molar-refractivity contribution < 1.29 is 4.39 Å². The first-order chi connectivity index (χ1) is 8.66. The maximum absolute atomic E-state index is 12.8. The largest absolute Gasteiger partial charge is 0.378 e. The smallest absolute Gasteiger partial charge is 0.123 e. The second kappa shape index (κ2) is 5.49. The van der Waals surface area contributed by atoms with E-state index in [1.807, 2.05) is 25.1 Å². The lowest BCUT2D eigenvalue weighted by Gasteiger charge is -2.17. The molecule has 1 aromatic carbocycles. The van der Waals surface area contributed by atoms with Crippen LogP contribution in [0.15, 0.2) is 42.7 Å². The number of anilines is 2. The van der Waals surface area contributed by atoms with Crippen LogP contribution in [0.1, 0.15) is 5.56 Å². The molecule has 0 spiro atoms. The summed E-state index contributed by atoms with van der Waals surface area (Å²) in [4.78, 5) is 6.13. The molecule has 0 saturated heterocycles. The fraction of sp³-hybridized carbons (Fsp3) is 0.214. The third-order valence-electron chi connectivity index (χ3n) is 2.68. The Morgan fingerprint density at radius 3 is 2.56 bits per heavy atom. The molecule has 0 amide bonds. The summed E-state index contributed by atoms with van der Waals surface area (Å²) in [6.45, 7) is 0.646. The van der Waals surface area contributed by atoms with E-state index in [1.165, 1.54) is 12.1 Å². The minimum absolute atomic E-state index is 0.214. The van der Waals surface area contributed by atoms with Gasteiger partial charge in [-0.2, -0.15) is 0 Å². The molecule has 2 rings (SSSR count). The highest BCUT2D eigenvalue weighted by molar-refractivity contribution is 5.68. The maximum atomic E-state index is 12.8. The van der Waals surface area contributed by atoms with Crippen LogP contribution in [0.25, 0.3) is 0 Å². The average Bonchev–Trinajstić information content (AvgIpc) is 2.38. The van der Waals surface area contributed by atoms with Crippen molar-refractivity contribution in [2.75, 3.05) is 24.3 Å². The molecule has 3 nitrogen and oxygen atoms in total. The van der Waals surface area contributed by atoms with Crippen LogP contribution < -0.4 is 10.2 Å². The Bertz CT molecular complexity index is 509. The van der Waals surface area contributed by atoms with Gasteiger partial charge in [0, 0.05) is 26.8 Å². The summed E-state index contributed by atoms with van der Waals surface area (Å²) in [5.74, 6) is -0.214. The van der Waals surface area contributed by atoms with Crippen LogP contribution in [0.4, 0.5) is 15.8 Å². The molecule has 4 heteroatoms. The molecule has 2 aromatic rings. The Kier molecular flexibility index (Phi) is 3.77. The van der Waals surface area contributed by atoms with Crippen molar-refractivity contribution in [3.05, 3.63) is 54.1 Å². The molecule has 94 valence electrons. The number of hydrogen-bond donors (Lipinski definition) is 1. The quantitative estimate of drug-likeness (QED) is 0.897. The Morgan fingerprint density at radius 1 is 1.17 bits per heavy atom. The fourth-order valence-electron chi connectivity index (χ4n) is 1.71. The minimum Gasteiger partial charge on any atom is -0.378 e. The third-order valence-corrected chi connectivity index (χ3v) is 2.68. The molecular weight excluding hydrogens is 229 g/mol. The van der Waals surface area contributed by atoms with Crippen molar-refractivity contribution in [3.8, 4) is 0 Å². The Labute approximate surface area is 106 Å². The number of hydrogen-bond acceptors (Lipinski definition) is 3. The number of rotatable bonds is 4. The Balaban J connectivity index is 2.08. The summed E-state index contributed by atoms with van der Waals surface area (Å²) >= 11 is 0. The molecular formula is C14H16FN3. The topological polar surface area (TPSA) is 28.2 Å². The molecule has 0 fully saturated rings. The summed E-state index contributed by atoms with van der Waals surface area (Å²) in [5.41, 5.74) is 3.07. The number of benzene rings is 1. The number of nitrogens with zero attached hydrogens (tertiary/aromatic N) is 2. The van der Waals surface area contributed by atoms with Crippen LogP contribution in [0, 0.1) is 5.82 Å². The molecule has 1 aromatic heterocycles. The first-order valence-corrected chi connectivity index (χ1v) is 5.76. The van der Waals surface area contributed by atoms with Gasteiger partial charge in [0.2, 0.25) is 0 Å². The number of halogens is 1. The summed E-state index contributed by atoms with van der Waals surface area (Å²) in [6, 6.07) is 8.43. The molecule has 0 aliphatic carbocycles. The summed E-state index contributed by atoms with van der Waals surface area (Å²) in [7, 11) is 3.97. The average molecular weight is 245 g/mol. The monoisotopic (exact) mass is 245 g/mol. The fourth-order valence-corrected chi connectivity index (χ4v) is 1.71. The minimum atomic E-state index is -0.214. The summed E-state index contributed by atoms with van der Waals surface area (Å²) in [5, 5.41) is 3.30. The van der Waals surface area contributed by atoms with Gasteiger partial charge in [0.05, 0.1) is 17.6 Å². The van der Waals surface area contributed by atoms with E-state index in [-0.39, 0.29) is 5.82 Å². The van der Waals surface area contributed by atoms with E-state index in [4.69, 9.17) is 0 Å². The molecule has 1 N–H and O–H groups in total. The molecule has 0 aliphatic rings. The summed E-state index contributed by atoms with van der Waals surface area (Å²) in [6.07, 6.45) is 3.55. The predicted octanol–water partition coefficient (Wildman–Crippen LogP) is 2.90. The predicted molar refractivity (Wildman–Crippen MR) is 72.3 cm³/mol. The first kappa shape index (κ1) is 12.4. The molecule has 0 atom stereocenters. The van der Waals surface area contributed by atoms with E-state index in [0.29, 0.717) is 6.54 Å². The maximum Gasteiger partial charge on any atom is 0.123 e. The van der Waals surface area contributed by atoms with Crippen molar-refractivity contribution in [2.24, 2.45) is 0 Å². The van der Waals surface area contributed by atoms with E-state index in [0.717, 1.165) is 16.9 Å². The van der Waals surface area contributed by atoms with Crippen molar-refractivity contribution in [1.29, 1.82) is 0 Å². The van der Waals surface area contributed by atoms with Gasteiger partial charge >= 0.3 is 0 Å². The standard InChI is InChI=1S/C14H16FN3/c1-18(2)14-7-8-16-10-13(14)17-9-11-3-5-12(15)6-4-11/h3-8,10,17H,9H2,1-2H3. The van der Waals surface area contributed by atoms with Crippen LogP contribution in [-0.4, -0.2) is 19.1 Å². The van der Waals surface area contributed by atoms with Gasteiger partial charge in [0.15, 0.2) is 0 Å². The van der Waals surface area contributed by atoms with Gasteiger partial charge in [-0.25, -0.2) is 4.39 Å². The Hall–Kier alpha value is -2.10. The van der Waals surface area contributed by atoms with Gasteiger partial charge in [-0.05, 0) is 23.8 Å². The second-order valence-electron chi connectivity index (χ2n) is 4.27. The number of pyridine rings is 1. The van der Waals surface area contributed by atoms with Crippen molar-refractivity contribution in [2.45, 2.75) is 6.54 Å². The number of nitrogens with one attached hydrogen (secondary N) is 1. The molecule has 0 radical (unpaired) electrons. The molecule has 0 unspecified atom stereocenters. The second-order valence-corrected chi connectivity index (χ2v) is 4.27. The van der Waals surface area contributed by atoms with Gasteiger partial charge in [-0.15, -0.1) is 0 Å². The van der Waals surface area contributed by atoms with Crippen molar-refractivity contribution in [3.63, 3.8) is 0 Å².